The first kappa shape index (κ1) is 44.5. The van der Waals surface area contributed by atoms with Crippen molar-refractivity contribution < 1.29 is 37.3 Å². The first-order chi connectivity index (χ1) is 29.6. The number of likely N-dealkylation sites (tertiary alicyclic amines) is 1. The van der Waals surface area contributed by atoms with Crippen LogP contribution >= 0.6 is 0 Å². The van der Waals surface area contributed by atoms with Crippen LogP contribution < -0.4 is 35.6 Å². The Bertz CT molecular complexity index is 2320. The van der Waals surface area contributed by atoms with Crippen LogP contribution in [0.5, 0.6) is 11.5 Å². The van der Waals surface area contributed by atoms with Crippen LogP contribution in [0, 0.1) is 23.7 Å². The molecule has 1 unspecified atom stereocenters. The number of ether oxygens (including phenoxy) is 2. The molecule has 2 aliphatic heterocycles. The third kappa shape index (κ3) is 10.0. The van der Waals surface area contributed by atoms with Crippen molar-refractivity contribution in [2.45, 2.75) is 89.4 Å². The maximum Gasteiger partial charge on any atom is 0.406 e. The number of methoxy groups -OCH3 is 1. The van der Waals surface area contributed by atoms with Gasteiger partial charge in [0.2, 0.25) is 5.91 Å². The molecule has 4 aromatic rings. The summed E-state index contributed by atoms with van der Waals surface area (Å²) in [4.78, 5) is 31.0. The third-order valence-electron chi connectivity index (χ3n) is 12.4. The summed E-state index contributed by atoms with van der Waals surface area (Å²) in [5.74, 6) is 7.02. The standard InChI is InChI=1S/C47H58F3N7O5/c1-28(2)44-46(60)52-32(26-58)21-30-12-14-34(24-41(30)56(44)5)62-43-17-15-38(43)54-45(59)31-13-16-42(61-6)39(22-31)51-19-8-9-33-23-35-37(53-36-18-20-55(4)25-29(36)3)10-7-11-40(35)57(33)27-47(48,49)50/h7,10-14,16,22-24,28-29,32,36,38,43-44,51,53,58H,15,17-21,25-27H2,1-6H3,(H,52,60)(H,54,59)/t29-,32-,36+,38?,43-,44-/m0/s1. The summed E-state index contributed by atoms with van der Waals surface area (Å²) in [5.41, 5.74) is 4.23. The molecule has 7 rings (SSSR count). The van der Waals surface area contributed by atoms with Gasteiger partial charge in [-0.15, -0.1) is 0 Å². The van der Waals surface area contributed by atoms with Gasteiger partial charge < -0.3 is 50.2 Å². The number of rotatable bonds is 12. The molecule has 1 saturated heterocycles. The predicted molar refractivity (Wildman–Crippen MR) is 236 cm³/mol. The van der Waals surface area contributed by atoms with Gasteiger partial charge >= 0.3 is 6.18 Å². The number of amides is 2. The molecule has 0 radical (unpaired) electrons. The molecule has 1 aromatic heterocycles. The minimum atomic E-state index is -4.45. The van der Waals surface area contributed by atoms with Crippen molar-refractivity contribution in [3.63, 3.8) is 0 Å². The molecule has 332 valence electrons. The fourth-order valence-corrected chi connectivity index (χ4v) is 9.00. The number of alkyl halides is 3. The number of carbonyl (C=O) groups is 2. The van der Waals surface area contributed by atoms with Gasteiger partial charge in [-0.05, 0) is 105 Å². The van der Waals surface area contributed by atoms with Crippen molar-refractivity contribution in [3.8, 4) is 23.3 Å². The zero-order chi connectivity index (χ0) is 44.3. The highest BCUT2D eigenvalue weighted by atomic mass is 19.4. The molecule has 6 atom stereocenters. The molecule has 2 fully saturated rings. The van der Waals surface area contributed by atoms with E-state index in [-0.39, 0.29) is 54.8 Å². The maximum atomic E-state index is 13.9. The summed E-state index contributed by atoms with van der Waals surface area (Å²) in [6.07, 6.45) is -1.84. The van der Waals surface area contributed by atoms with E-state index in [2.05, 4.69) is 52.0 Å². The van der Waals surface area contributed by atoms with Crippen LogP contribution in [0.25, 0.3) is 10.9 Å². The lowest BCUT2D eigenvalue weighted by atomic mass is 9.88. The quantitative estimate of drug-likeness (QED) is 0.105. The SMILES string of the molecule is COc1ccc(C(=O)NC2CC[C@@H]2Oc2ccc3c(c2)N(C)[C@@H](C(C)C)C(=O)N[C@H](CO)C3)cc1NCC#Cc1cc2c(N[C@@H]3CCN(C)C[C@@H]3C)cccc2n1CC(F)(F)F. The maximum absolute atomic E-state index is 13.9. The lowest BCUT2D eigenvalue weighted by Crippen LogP contribution is -2.54. The Labute approximate surface area is 361 Å². The molecule has 12 nitrogen and oxygen atoms in total. The molecular weight excluding hydrogens is 800 g/mol. The predicted octanol–water partition coefficient (Wildman–Crippen LogP) is 6.26. The molecule has 3 aromatic carbocycles. The van der Waals surface area contributed by atoms with Crippen molar-refractivity contribution in [1.29, 1.82) is 0 Å². The van der Waals surface area contributed by atoms with Gasteiger partial charge in [-0.25, -0.2) is 0 Å². The summed E-state index contributed by atoms with van der Waals surface area (Å²) >= 11 is 0. The number of benzene rings is 3. The average Bonchev–Trinajstić information content (AvgIpc) is 3.56. The molecule has 1 aliphatic carbocycles. The van der Waals surface area contributed by atoms with Crippen LogP contribution in [0.15, 0.2) is 60.7 Å². The van der Waals surface area contributed by atoms with E-state index in [1.807, 2.05) is 50.1 Å². The number of hydrogen-bond acceptors (Lipinski definition) is 9. The lowest BCUT2D eigenvalue weighted by molar-refractivity contribution is -0.140. The van der Waals surface area contributed by atoms with Crippen LogP contribution in [0.2, 0.25) is 0 Å². The van der Waals surface area contributed by atoms with Crippen molar-refractivity contribution in [3.05, 3.63) is 77.5 Å². The van der Waals surface area contributed by atoms with Crippen molar-refractivity contribution >= 4 is 39.8 Å². The monoisotopic (exact) mass is 857 g/mol. The Morgan fingerprint density at radius 3 is 2.53 bits per heavy atom. The molecule has 2 amide bonds. The molecule has 62 heavy (non-hydrogen) atoms. The van der Waals surface area contributed by atoms with Crippen LogP contribution in [-0.2, 0) is 17.8 Å². The van der Waals surface area contributed by atoms with E-state index in [0.717, 1.165) is 49.3 Å². The molecule has 3 heterocycles. The third-order valence-corrected chi connectivity index (χ3v) is 12.4. The molecule has 0 bridgehead atoms. The highest BCUT2D eigenvalue weighted by Gasteiger charge is 2.36. The number of nitrogens with one attached hydrogen (secondary N) is 4. The largest absolute Gasteiger partial charge is 0.495 e. The van der Waals surface area contributed by atoms with Gasteiger partial charge in [0.1, 0.15) is 30.2 Å². The summed E-state index contributed by atoms with van der Waals surface area (Å²) in [6, 6.07) is 17.0. The van der Waals surface area contributed by atoms with Gasteiger partial charge in [-0.2, -0.15) is 13.2 Å². The Balaban J connectivity index is 1.02. The van der Waals surface area contributed by atoms with Crippen molar-refractivity contribution in [1.82, 2.24) is 20.1 Å². The number of piperidine rings is 1. The molecule has 3 aliphatic rings. The van der Waals surface area contributed by atoms with Crippen LogP contribution in [0.4, 0.5) is 30.2 Å². The highest BCUT2D eigenvalue weighted by Crippen LogP contribution is 2.35. The van der Waals surface area contributed by atoms with Gasteiger partial charge in [-0.3, -0.25) is 9.59 Å². The molecule has 0 spiro atoms. The number of nitrogens with zero attached hydrogens (tertiary/aromatic N) is 3. The van der Waals surface area contributed by atoms with Gasteiger partial charge in [0.25, 0.3) is 5.91 Å². The number of aliphatic hydroxyl groups excluding tert-OH is 1. The molecule has 5 N–H and O–H groups in total. The number of halogens is 3. The lowest BCUT2D eigenvalue weighted by Gasteiger charge is -2.39. The second-order valence-electron chi connectivity index (χ2n) is 17.3. The second kappa shape index (κ2) is 18.8. The fraction of sp³-hybridized carbons (Fsp3) is 0.489. The Morgan fingerprint density at radius 2 is 1.84 bits per heavy atom. The fourth-order valence-electron chi connectivity index (χ4n) is 9.00. The molecule has 1 saturated carbocycles. The summed E-state index contributed by atoms with van der Waals surface area (Å²) < 4.78 is 54.9. The van der Waals surface area contributed by atoms with Gasteiger partial charge in [0, 0.05) is 48.0 Å². The normalized spacial score (nSPS) is 23.0. The summed E-state index contributed by atoms with van der Waals surface area (Å²) in [6.45, 7) is 6.78. The van der Waals surface area contributed by atoms with Gasteiger partial charge in [0.05, 0.1) is 49.2 Å². The van der Waals surface area contributed by atoms with Crippen molar-refractivity contribution in [2.75, 3.05) is 63.0 Å². The van der Waals surface area contributed by atoms with Crippen LogP contribution in [0.1, 0.15) is 61.6 Å². The van der Waals surface area contributed by atoms with E-state index >= 15 is 0 Å². The Kier molecular flexibility index (Phi) is 13.5. The second-order valence-corrected chi connectivity index (χ2v) is 17.3. The Hall–Kier alpha value is -5.59. The Morgan fingerprint density at radius 1 is 1.03 bits per heavy atom. The number of hydrogen-bond donors (Lipinski definition) is 5. The van der Waals surface area contributed by atoms with Gasteiger partial charge in [-0.1, -0.05) is 38.8 Å². The number of carbonyl (C=O) groups excluding carboxylic acids is 2. The highest BCUT2D eigenvalue weighted by molar-refractivity contribution is 5.96. The number of aromatic nitrogens is 1. The van der Waals surface area contributed by atoms with Crippen LogP contribution in [-0.4, -0.2) is 110 Å². The number of aliphatic hydroxyl groups is 1. The zero-order valence-corrected chi connectivity index (χ0v) is 36.2. The van der Waals surface area contributed by atoms with E-state index < -0.39 is 24.8 Å². The van der Waals surface area contributed by atoms with Gasteiger partial charge in [0.15, 0.2) is 0 Å². The number of fused-ring (bicyclic) bond motifs is 2. The minimum Gasteiger partial charge on any atom is -0.495 e. The summed E-state index contributed by atoms with van der Waals surface area (Å²) in [5, 5.41) is 23.5. The smallest absolute Gasteiger partial charge is 0.406 e. The molecular formula is C47H58F3N7O5. The summed E-state index contributed by atoms with van der Waals surface area (Å²) in [7, 11) is 5.50. The zero-order valence-electron chi connectivity index (χ0n) is 36.2. The van der Waals surface area contributed by atoms with E-state index in [9.17, 15) is 27.9 Å². The minimum absolute atomic E-state index is 0.0166. The van der Waals surface area contributed by atoms with Crippen molar-refractivity contribution in [2.24, 2.45) is 11.8 Å². The van der Waals surface area contributed by atoms with Crippen LogP contribution in [0.3, 0.4) is 0 Å². The average molecular weight is 858 g/mol. The first-order valence-electron chi connectivity index (χ1n) is 21.4. The van der Waals surface area contributed by atoms with E-state index in [1.54, 1.807) is 36.4 Å². The van der Waals surface area contributed by atoms with E-state index in [0.29, 0.717) is 46.0 Å². The number of likely N-dealkylation sites (N-methyl/N-ethyl adjacent to an activating group) is 1. The number of anilines is 3. The first-order valence-corrected chi connectivity index (χ1v) is 21.4. The van der Waals surface area contributed by atoms with E-state index in [4.69, 9.17) is 9.47 Å². The molecule has 15 heteroatoms. The topological polar surface area (TPSA) is 132 Å². The van der Waals surface area contributed by atoms with E-state index in [1.165, 1.54) is 11.7 Å².